The number of hydrogen-bond acceptors (Lipinski definition) is 2. The van der Waals surface area contributed by atoms with Crippen LogP contribution in [0.4, 0.5) is 0 Å². The molecule has 20 heavy (non-hydrogen) atoms. The molecule has 0 radical (unpaired) electrons. The van der Waals surface area contributed by atoms with Crippen LogP contribution in [0.15, 0.2) is 24.3 Å². The molecule has 0 aliphatic heterocycles. The highest BCUT2D eigenvalue weighted by molar-refractivity contribution is 5.28. The topological polar surface area (TPSA) is 21.3 Å². The molecule has 1 aliphatic carbocycles. The van der Waals surface area contributed by atoms with Crippen molar-refractivity contribution in [2.75, 3.05) is 6.54 Å². The molecule has 2 unspecified atom stereocenters. The highest BCUT2D eigenvalue weighted by Gasteiger charge is 2.49. The van der Waals surface area contributed by atoms with Gasteiger partial charge in [0.2, 0.25) is 0 Å². The van der Waals surface area contributed by atoms with Gasteiger partial charge < -0.3 is 10.1 Å². The van der Waals surface area contributed by atoms with Gasteiger partial charge in [0.1, 0.15) is 11.9 Å². The Morgan fingerprint density at radius 3 is 2.40 bits per heavy atom. The largest absolute Gasteiger partial charge is 0.490 e. The summed E-state index contributed by atoms with van der Waals surface area (Å²) < 4.78 is 6.17. The molecular formula is C18H29NO. The van der Waals surface area contributed by atoms with Gasteiger partial charge in [0.15, 0.2) is 0 Å². The van der Waals surface area contributed by atoms with Crippen LogP contribution in [0, 0.1) is 5.41 Å². The van der Waals surface area contributed by atoms with Crippen LogP contribution in [0.25, 0.3) is 0 Å². The highest BCUT2D eigenvalue weighted by atomic mass is 16.5. The molecule has 1 N–H and O–H groups in total. The van der Waals surface area contributed by atoms with Gasteiger partial charge >= 0.3 is 0 Å². The minimum absolute atomic E-state index is 0.220. The smallest absolute Gasteiger partial charge is 0.119 e. The summed E-state index contributed by atoms with van der Waals surface area (Å²) in [6, 6.07) is 9.21. The van der Waals surface area contributed by atoms with Crippen molar-refractivity contribution in [3.63, 3.8) is 0 Å². The van der Waals surface area contributed by atoms with Crippen molar-refractivity contribution in [3.8, 4) is 5.75 Å². The molecule has 1 aromatic rings. The maximum atomic E-state index is 6.17. The zero-order chi connectivity index (χ0) is 14.6. The van der Waals surface area contributed by atoms with Crippen LogP contribution in [-0.2, 0) is 6.42 Å². The van der Waals surface area contributed by atoms with Crippen molar-refractivity contribution >= 4 is 0 Å². The SMILES string of the molecule is CCCNC1CC(Oc2ccc(CCC)cc2)C1(C)C. The van der Waals surface area contributed by atoms with Gasteiger partial charge in [0, 0.05) is 17.9 Å². The standard InChI is InChI=1S/C18H29NO/c1-5-7-14-8-10-15(11-9-14)20-17-13-16(18(17,3)4)19-12-6-2/h8-11,16-17,19H,5-7,12-13H2,1-4H3. The van der Waals surface area contributed by atoms with Crippen LogP contribution in [0.2, 0.25) is 0 Å². The first kappa shape index (κ1) is 15.4. The van der Waals surface area contributed by atoms with E-state index in [1.807, 2.05) is 0 Å². The average molecular weight is 275 g/mol. The molecule has 0 amide bonds. The van der Waals surface area contributed by atoms with Crippen molar-refractivity contribution in [3.05, 3.63) is 29.8 Å². The first-order valence-electron chi connectivity index (χ1n) is 8.07. The molecule has 0 saturated heterocycles. The molecule has 1 saturated carbocycles. The molecule has 1 aromatic carbocycles. The van der Waals surface area contributed by atoms with Gasteiger partial charge in [-0.3, -0.25) is 0 Å². The lowest BCUT2D eigenvalue weighted by Crippen LogP contribution is -2.62. The molecule has 2 nitrogen and oxygen atoms in total. The number of aryl methyl sites for hydroxylation is 1. The Kier molecular flexibility index (Phi) is 5.09. The predicted molar refractivity (Wildman–Crippen MR) is 85.3 cm³/mol. The summed E-state index contributed by atoms with van der Waals surface area (Å²) in [6.07, 6.45) is 4.98. The molecule has 0 spiro atoms. The minimum atomic E-state index is 0.220. The average Bonchev–Trinajstić information content (AvgIpc) is 2.44. The second-order valence-electron chi connectivity index (χ2n) is 6.56. The third-order valence-electron chi connectivity index (χ3n) is 4.56. The van der Waals surface area contributed by atoms with Crippen LogP contribution in [0.5, 0.6) is 5.75 Å². The van der Waals surface area contributed by atoms with Crippen LogP contribution in [0.3, 0.4) is 0 Å². The van der Waals surface area contributed by atoms with Crippen molar-refractivity contribution in [1.29, 1.82) is 0 Å². The van der Waals surface area contributed by atoms with Crippen LogP contribution in [0.1, 0.15) is 52.5 Å². The quantitative estimate of drug-likeness (QED) is 0.806. The summed E-state index contributed by atoms with van der Waals surface area (Å²) in [5.74, 6) is 1.01. The molecule has 0 aromatic heterocycles. The number of benzene rings is 1. The van der Waals surface area contributed by atoms with E-state index in [1.165, 1.54) is 18.4 Å². The third kappa shape index (κ3) is 3.35. The third-order valence-corrected chi connectivity index (χ3v) is 4.56. The Morgan fingerprint density at radius 2 is 1.85 bits per heavy atom. The number of hydrogen-bond donors (Lipinski definition) is 1. The fourth-order valence-electron chi connectivity index (χ4n) is 2.94. The molecule has 1 fully saturated rings. The van der Waals surface area contributed by atoms with Gasteiger partial charge in [-0.25, -0.2) is 0 Å². The van der Waals surface area contributed by atoms with Crippen LogP contribution in [-0.4, -0.2) is 18.7 Å². The summed E-state index contributed by atoms with van der Waals surface area (Å²) in [5, 5.41) is 3.62. The van der Waals surface area contributed by atoms with Crippen LogP contribution < -0.4 is 10.1 Å². The lowest BCUT2D eigenvalue weighted by Gasteiger charge is -2.51. The second-order valence-corrected chi connectivity index (χ2v) is 6.56. The van der Waals surface area contributed by atoms with E-state index in [0.29, 0.717) is 12.1 Å². The maximum Gasteiger partial charge on any atom is 0.119 e. The number of nitrogens with one attached hydrogen (secondary N) is 1. The van der Waals surface area contributed by atoms with E-state index in [1.54, 1.807) is 0 Å². The summed E-state index contributed by atoms with van der Waals surface area (Å²) >= 11 is 0. The fraction of sp³-hybridized carbons (Fsp3) is 0.667. The Balaban J connectivity index is 1.88. The lowest BCUT2D eigenvalue weighted by atomic mass is 9.64. The monoisotopic (exact) mass is 275 g/mol. The molecule has 2 heteroatoms. The summed E-state index contributed by atoms with van der Waals surface area (Å²) in [4.78, 5) is 0. The molecule has 2 atom stereocenters. The second kappa shape index (κ2) is 6.62. The Hall–Kier alpha value is -1.02. The Labute approximate surface area is 123 Å². The van der Waals surface area contributed by atoms with E-state index in [9.17, 15) is 0 Å². The van der Waals surface area contributed by atoms with E-state index in [2.05, 4.69) is 57.3 Å². The predicted octanol–water partition coefficient (Wildman–Crippen LogP) is 4.18. The minimum Gasteiger partial charge on any atom is -0.490 e. The van der Waals surface area contributed by atoms with E-state index in [4.69, 9.17) is 4.74 Å². The van der Waals surface area contributed by atoms with Crippen molar-refractivity contribution < 1.29 is 4.74 Å². The fourth-order valence-corrected chi connectivity index (χ4v) is 2.94. The van der Waals surface area contributed by atoms with Gasteiger partial charge in [0.25, 0.3) is 0 Å². The van der Waals surface area contributed by atoms with Gasteiger partial charge in [-0.2, -0.15) is 0 Å². The van der Waals surface area contributed by atoms with E-state index in [-0.39, 0.29) is 5.41 Å². The normalized spacial score (nSPS) is 24.2. The van der Waals surface area contributed by atoms with Gasteiger partial charge in [-0.1, -0.05) is 46.2 Å². The zero-order valence-electron chi connectivity index (χ0n) is 13.4. The van der Waals surface area contributed by atoms with Crippen molar-refractivity contribution in [2.24, 2.45) is 5.41 Å². The maximum absolute atomic E-state index is 6.17. The first-order chi connectivity index (χ1) is 9.57. The van der Waals surface area contributed by atoms with E-state index < -0.39 is 0 Å². The lowest BCUT2D eigenvalue weighted by molar-refractivity contribution is -0.0546. The summed E-state index contributed by atoms with van der Waals surface area (Å²) in [7, 11) is 0. The van der Waals surface area contributed by atoms with Crippen LogP contribution >= 0.6 is 0 Å². The van der Waals surface area contributed by atoms with Crippen molar-refractivity contribution in [2.45, 2.75) is 65.5 Å². The highest BCUT2D eigenvalue weighted by Crippen LogP contribution is 2.43. The van der Waals surface area contributed by atoms with Crippen molar-refractivity contribution in [1.82, 2.24) is 5.32 Å². The van der Waals surface area contributed by atoms with Gasteiger partial charge in [0.05, 0.1) is 0 Å². The van der Waals surface area contributed by atoms with E-state index in [0.717, 1.165) is 25.1 Å². The Morgan fingerprint density at radius 1 is 1.15 bits per heavy atom. The summed E-state index contributed by atoms with van der Waals surface area (Å²) in [5.41, 5.74) is 1.62. The van der Waals surface area contributed by atoms with Gasteiger partial charge in [-0.05, 0) is 37.1 Å². The molecular weight excluding hydrogens is 246 g/mol. The molecule has 1 aliphatic rings. The molecule has 0 heterocycles. The summed E-state index contributed by atoms with van der Waals surface area (Å²) in [6.45, 7) is 10.1. The van der Waals surface area contributed by atoms with E-state index >= 15 is 0 Å². The number of rotatable bonds is 7. The van der Waals surface area contributed by atoms with Gasteiger partial charge in [-0.15, -0.1) is 0 Å². The zero-order valence-corrected chi connectivity index (χ0v) is 13.4. The molecule has 112 valence electrons. The first-order valence-corrected chi connectivity index (χ1v) is 8.07. The Bertz CT molecular complexity index is 410. The number of ether oxygens (including phenoxy) is 1. The molecule has 0 bridgehead atoms. The molecule has 2 rings (SSSR count).